The highest BCUT2D eigenvalue weighted by Gasteiger charge is 2.27. The summed E-state index contributed by atoms with van der Waals surface area (Å²) in [6.07, 6.45) is 0.968. The number of carbonyl (C=O) groups excluding carboxylic acids is 1. The van der Waals surface area contributed by atoms with Crippen LogP contribution in [-0.2, 0) is 6.42 Å². The number of nitrogens with one attached hydrogen (secondary N) is 1. The molecule has 1 aromatic heterocycles. The van der Waals surface area contributed by atoms with E-state index in [0.29, 0.717) is 0 Å². The number of fused-ring (bicyclic) bond motifs is 3. The van der Waals surface area contributed by atoms with E-state index in [2.05, 4.69) is 18.3 Å². The summed E-state index contributed by atoms with van der Waals surface area (Å²) in [5, 5.41) is 4.68. The second kappa shape index (κ2) is 5.11. The topological polar surface area (TPSA) is 34.0 Å². The van der Waals surface area contributed by atoms with Gasteiger partial charge in [-0.05, 0) is 43.7 Å². The van der Waals surface area contributed by atoms with Crippen LogP contribution in [0.2, 0.25) is 0 Å². The first-order valence-electron chi connectivity index (χ1n) is 7.72. The van der Waals surface area contributed by atoms with E-state index in [-0.39, 0.29) is 11.9 Å². The van der Waals surface area contributed by atoms with Crippen molar-refractivity contribution in [2.45, 2.75) is 19.4 Å². The molecule has 0 unspecified atom stereocenters. The molecule has 0 amide bonds. The van der Waals surface area contributed by atoms with Crippen LogP contribution in [-0.4, -0.2) is 17.0 Å². The van der Waals surface area contributed by atoms with Gasteiger partial charge in [-0.3, -0.25) is 9.36 Å². The van der Waals surface area contributed by atoms with Gasteiger partial charge in [-0.25, -0.2) is 0 Å². The van der Waals surface area contributed by atoms with E-state index < -0.39 is 0 Å². The van der Waals surface area contributed by atoms with Crippen LogP contribution in [0, 0.1) is 0 Å². The molecule has 0 radical (unpaired) electrons. The molecule has 3 heteroatoms. The van der Waals surface area contributed by atoms with Crippen molar-refractivity contribution in [3.63, 3.8) is 0 Å². The molecule has 1 atom stereocenters. The Bertz CT molecular complexity index is 849. The fourth-order valence-corrected chi connectivity index (χ4v) is 3.48. The van der Waals surface area contributed by atoms with Crippen LogP contribution in [0.15, 0.2) is 54.6 Å². The SMILES string of the molecule is C[C@@H]1NCCc2c1n(C(=O)c1ccccc1)c1ccccc21. The summed E-state index contributed by atoms with van der Waals surface area (Å²) in [4.78, 5) is 13.1. The van der Waals surface area contributed by atoms with Crippen molar-refractivity contribution in [3.05, 3.63) is 71.4 Å². The number of carbonyl (C=O) groups is 1. The number of aromatic nitrogens is 1. The quantitative estimate of drug-likeness (QED) is 0.744. The van der Waals surface area contributed by atoms with Gasteiger partial charge in [0, 0.05) is 22.7 Å². The van der Waals surface area contributed by atoms with Crippen molar-refractivity contribution < 1.29 is 4.79 Å². The van der Waals surface area contributed by atoms with Gasteiger partial charge in [0.2, 0.25) is 0 Å². The third-order valence-corrected chi connectivity index (χ3v) is 4.48. The average molecular weight is 290 g/mol. The summed E-state index contributed by atoms with van der Waals surface area (Å²) in [5.41, 5.74) is 4.16. The Morgan fingerprint density at radius 3 is 2.64 bits per heavy atom. The number of nitrogens with zero attached hydrogens (tertiary/aromatic N) is 1. The number of para-hydroxylation sites is 1. The molecule has 1 aliphatic rings. The maximum Gasteiger partial charge on any atom is 0.262 e. The van der Waals surface area contributed by atoms with Crippen molar-refractivity contribution >= 4 is 16.8 Å². The van der Waals surface area contributed by atoms with E-state index in [4.69, 9.17) is 0 Å². The highest BCUT2D eigenvalue weighted by Crippen LogP contribution is 2.33. The Labute approximate surface area is 129 Å². The average Bonchev–Trinajstić information content (AvgIpc) is 2.91. The van der Waals surface area contributed by atoms with Gasteiger partial charge in [-0.2, -0.15) is 0 Å². The predicted octanol–water partition coefficient (Wildman–Crippen LogP) is 3.54. The molecule has 3 nitrogen and oxygen atoms in total. The van der Waals surface area contributed by atoms with Crippen molar-refractivity contribution in [2.24, 2.45) is 0 Å². The minimum Gasteiger partial charge on any atom is -0.309 e. The number of hydrogen-bond acceptors (Lipinski definition) is 2. The van der Waals surface area contributed by atoms with Gasteiger partial charge < -0.3 is 5.32 Å². The van der Waals surface area contributed by atoms with E-state index in [0.717, 1.165) is 29.7 Å². The monoisotopic (exact) mass is 290 g/mol. The van der Waals surface area contributed by atoms with Gasteiger partial charge in [0.05, 0.1) is 5.52 Å². The molecule has 0 saturated heterocycles. The summed E-state index contributed by atoms with van der Waals surface area (Å²) in [6, 6.07) is 17.9. The van der Waals surface area contributed by atoms with Gasteiger partial charge in [0.15, 0.2) is 0 Å². The van der Waals surface area contributed by atoms with Gasteiger partial charge in [-0.1, -0.05) is 36.4 Å². The predicted molar refractivity (Wildman–Crippen MR) is 88.2 cm³/mol. The van der Waals surface area contributed by atoms with Crippen LogP contribution >= 0.6 is 0 Å². The molecular formula is C19H18N2O. The van der Waals surface area contributed by atoms with E-state index in [9.17, 15) is 4.79 Å². The number of benzene rings is 2. The Balaban J connectivity index is 2.01. The standard InChI is InChI=1S/C19H18N2O/c1-13-18-16(11-12-20-13)15-9-5-6-10-17(15)21(18)19(22)14-7-3-2-4-8-14/h2-10,13,20H,11-12H2,1H3/t13-/m0/s1. The molecule has 1 aliphatic heterocycles. The van der Waals surface area contributed by atoms with Crippen LogP contribution in [0.4, 0.5) is 0 Å². The van der Waals surface area contributed by atoms with E-state index in [1.807, 2.05) is 53.1 Å². The summed E-state index contributed by atoms with van der Waals surface area (Å²) in [6.45, 7) is 3.09. The smallest absolute Gasteiger partial charge is 0.262 e. The first kappa shape index (κ1) is 13.3. The Hall–Kier alpha value is -2.39. The summed E-state index contributed by atoms with van der Waals surface area (Å²) < 4.78 is 1.90. The zero-order valence-electron chi connectivity index (χ0n) is 12.5. The van der Waals surface area contributed by atoms with Crippen molar-refractivity contribution in [3.8, 4) is 0 Å². The van der Waals surface area contributed by atoms with Crippen LogP contribution in [0.5, 0.6) is 0 Å². The molecule has 2 heterocycles. The lowest BCUT2D eigenvalue weighted by Gasteiger charge is -2.23. The van der Waals surface area contributed by atoms with E-state index >= 15 is 0 Å². The molecule has 2 aromatic carbocycles. The highest BCUT2D eigenvalue weighted by atomic mass is 16.2. The van der Waals surface area contributed by atoms with Gasteiger partial charge in [0.1, 0.15) is 0 Å². The molecule has 3 aromatic rings. The minimum absolute atomic E-state index is 0.0496. The van der Waals surface area contributed by atoms with Crippen LogP contribution in [0.3, 0.4) is 0 Å². The molecule has 0 bridgehead atoms. The third-order valence-electron chi connectivity index (χ3n) is 4.48. The minimum atomic E-state index is 0.0496. The van der Waals surface area contributed by atoms with E-state index in [1.165, 1.54) is 10.9 Å². The first-order valence-corrected chi connectivity index (χ1v) is 7.72. The molecule has 0 saturated carbocycles. The maximum atomic E-state index is 13.1. The summed E-state index contributed by atoms with van der Waals surface area (Å²) in [7, 11) is 0. The zero-order valence-corrected chi connectivity index (χ0v) is 12.5. The molecular weight excluding hydrogens is 272 g/mol. The number of hydrogen-bond donors (Lipinski definition) is 1. The molecule has 110 valence electrons. The fourth-order valence-electron chi connectivity index (χ4n) is 3.48. The molecule has 0 aliphatic carbocycles. The highest BCUT2D eigenvalue weighted by molar-refractivity contribution is 6.04. The lowest BCUT2D eigenvalue weighted by Crippen LogP contribution is -2.30. The molecule has 22 heavy (non-hydrogen) atoms. The number of rotatable bonds is 1. The lowest BCUT2D eigenvalue weighted by atomic mass is 10.0. The Morgan fingerprint density at radius 1 is 1.09 bits per heavy atom. The zero-order chi connectivity index (χ0) is 15.1. The van der Waals surface area contributed by atoms with Crippen molar-refractivity contribution in [1.29, 1.82) is 0 Å². The second-order valence-corrected chi connectivity index (χ2v) is 5.81. The summed E-state index contributed by atoms with van der Waals surface area (Å²) >= 11 is 0. The second-order valence-electron chi connectivity index (χ2n) is 5.81. The largest absolute Gasteiger partial charge is 0.309 e. The Kier molecular flexibility index (Phi) is 3.09. The normalized spacial score (nSPS) is 17.4. The molecule has 0 spiro atoms. The molecule has 0 fully saturated rings. The lowest BCUT2D eigenvalue weighted by molar-refractivity contribution is 0.0959. The third kappa shape index (κ3) is 1.90. The van der Waals surface area contributed by atoms with Crippen LogP contribution < -0.4 is 5.32 Å². The van der Waals surface area contributed by atoms with Gasteiger partial charge >= 0.3 is 0 Å². The summed E-state index contributed by atoms with van der Waals surface area (Å²) in [5.74, 6) is 0.0496. The van der Waals surface area contributed by atoms with Gasteiger partial charge in [0.25, 0.3) is 5.91 Å². The van der Waals surface area contributed by atoms with Gasteiger partial charge in [-0.15, -0.1) is 0 Å². The molecule has 1 N–H and O–H groups in total. The van der Waals surface area contributed by atoms with E-state index in [1.54, 1.807) is 0 Å². The fraction of sp³-hybridized carbons (Fsp3) is 0.211. The van der Waals surface area contributed by atoms with Crippen LogP contribution in [0.1, 0.15) is 34.6 Å². The first-order chi connectivity index (χ1) is 10.8. The maximum absolute atomic E-state index is 13.1. The van der Waals surface area contributed by atoms with Crippen LogP contribution in [0.25, 0.3) is 10.9 Å². The Morgan fingerprint density at radius 2 is 1.82 bits per heavy atom. The molecule has 4 rings (SSSR count). The van der Waals surface area contributed by atoms with Crippen molar-refractivity contribution in [2.75, 3.05) is 6.54 Å². The van der Waals surface area contributed by atoms with Crippen molar-refractivity contribution in [1.82, 2.24) is 9.88 Å².